The third-order valence-electron chi connectivity index (χ3n) is 6.08. The Kier molecular flexibility index (Phi) is 8.94. The molecule has 1 saturated heterocycles. The van der Waals surface area contributed by atoms with Gasteiger partial charge in [-0.1, -0.05) is 29.8 Å². The maximum atomic E-state index is 15.0. The number of nitrogens with zero attached hydrogens (tertiary/aromatic N) is 5. The number of nitrogens with two attached hydrogens (primary N) is 1. The number of aryl methyl sites for hydroxylation is 1. The number of nitrogen functional groups attached to an aromatic ring is 1. The summed E-state index contributed by atoms with van der Waals surface area (Å²) < 4.78 is 58.8. The van der Waals surface area contributed by atoms with Gasteiger partial charge in [-0.2, -0.15) is 17.7 Å². The zero-order valence-electron chi connectivity index (χ0n) is 21.0. The van der Waals surface area contributed by atoms with Crippen LogP contribution in [-0.4, -0.2) is 62.7 Å². The van der Waals surface area contributed by atoms with E-state index in [0.29, 0.717) is 6.07 Å². The van der Waals surface area contributed by atoms with Crippen molar-refractivity contribution in [2.24, 2.45) is 0 Å². The molecule has 0 aliphatic carbocycles. The minimum absolute atomic E-state index is 0.0532. The van der Waals surface area contributed by atoms with Gasteiger partial charge in [0.1, 0.15) is 11.3 Å². The lowest BCUT2D eigenvalue weighted by molar-refractivity contribution is -0.137. The van der Waals surface area contributed by atoms with E-state index >= 15 is 4.39 Å². The SMILES string of the molecule is C=CC(=O)N1CCN(c2nc(C)nn3c(=O)c(-c4c(N)c(Cl)cc(Cl)c4F)c(C(F)(F)F)cc23)[C@@H](C)C1.O=CO. The highest BCUT2D eigenvalue weighted by Crippen LogP contribution is 2.43. The fourth-order valence-corrected chi connectivity index (χ4v) is 4.83. The van der Waals surface area contributed by atoms with Gasteiger partial charge in [0.2, 0.25) is 5.91 Å². The molecule has 10 nitrogen and oxygen atoms in total. The molecule has 2 aromatic heterocycles. The smallest absolute Gasteiger partial charge is 0.417 e. The molecular weight excluding hydrogens is 583 g/mol. The first-order chi connectivity index (χ1) is 18.7. The van der Waals surface area contributed by atoms with Gasteiger partial charge in [0.25, 0.3) is 12.0 Å². The summed E-state index contributed by atoms with van der Waals surface area (Å²) in [5.41, 5.74) is 0.308. The molecule has 16 heteroatoms. The van der Waals surface area contributed by atoms with Crippen LogP contribution in [0.5, 0.6) is 0 Å². The van der Waals surface area contributed by atoms with E-state index in [1.807, 2.05) is 0 Å². The summed E-state index contributed by atoms with van der Waals surface area (Å²) in [5, 5.41) is 9.98. The summed E-state index contributed by atoms with van der Waals surface area (Å²) >= 11 is 11.8. The van der Waals surface area contributed by atoms with E-state index in [0.717, 1.165) is 10.6 Å². The lowest BCUT2D eigenvalue weighted by Gasteiger charge is -2.40. The summed E-state index contributed by atoms with van der Waals surface area (Å²) in [6, 6.07) is 1.23. The second-order valence-electron chi connectivity index (χ2n) is 8.59. The predicted molar refractivity (Wildman–Crippen MR) is 141 cm³/mol. The normalized spacial score (nSPS) is 15.4. The van der Waals surface area contributed by atoms with Crippen molar-refractivity contribution < 1.29 is 32.3 Å². The fraction of sp³-hybridized carbons (Fsp3) is 0.292. The lowest BCUT2D eigenvalue weighted by atomic mass is 9.98. The van der Waals surface area contributed by atoms with E-state index in [1.165, 1.54) is 13.0 Å². The molecular formula is C24H22Cl2F4N6O4. The molecule has 1 aliphatic rings. The van der Waals surface area contributed by atoms with Crippen LogP contribution in [0.4, 0.5) is 29.1 Å². The third-order valence-corrected chi connectivity index (χ3v) is 6.66. The van der Waals surface area contributed by atoms with Crippen LogP contribution in [-0.2, 0) is 15.8 Å². The standard InChI is InChI=1S/C23H20Cl2F4N6O2.CH2O2/c1-4-16(36)33-5-6-34(10(2)9-33)21-15-7-12(23(27,28)29)17(22(37)35(15)32-11(3)31-21)18-19(26)13(24)8-14(25)20(18)30;2-1-3/h4,7-8,10H,1,5-6,9,30H2,2-3H3;1H,(H,2,3)/t10-;/m0./s1. The molecule has 3 N–H and O–H groups in total. The molecule has 1 fully saturated rings. The van der Waals surface area contributed by atoms with Crippen LogP contribution in [0.15, 0.2) is 29.6 Å². The number of hydrogen-bond donors (Lipinski definition) is 2. The van der Waals surface area contributed by atoms with E-state index in [9.17, 15) is 22.8 Å². The summed E-state index contributed by atoms with van der Waals surface area (Å²) in [5.74, 6) is -1.48. The van der Waals surface area contributed by atoms with Gasteiger partial charge in [0.05, 0.1) is 26.9 Å². The zero-order chi connectivity index (χ0) is 30.1. The number of halogens is 6. The first-order valence-electron chi connectivity index (χ1n) is 11.4. The Hall–Kier alpha value is -3.91. The molecule has 0 radical (unpaired) electrons. The van der Waals surface area contributed by atoms with E-state index in [-0.39, 0.29) is 60.2 Å². The summed E-state index contributed by atoms with van der Waals surface area (Å²) in [4.78, 5) is 41.5. The minimum Gasteiger partial charge on any atom is -0.483 e. The first-order valence-corrected chi connectivity index (χ1v) is 12.1. The van der Waals surface area contributed by atoms with Crippen molar-refractivity contribution in [3.05, 3.63) is 62.4 Å². The van der Waals surface area contributed by atoms with Gasteiger partial charge in [-0.3, -0.25) is 14.4 Å². The van der Waals surface area contributed by atoms with Gasteiger partial charge in [0.15, 0.2) is 11.6 Å². The van der Waals surface area contributed by atoms with Gasteiger partial charge in [-0.25, -0.2) is 9.37 Å². The molecule has 1 amide bonds. The van der Waals surface area contributed by atoms with E-state index in [4.69, 9.17) is 38.8 Å². The number of pyridine rings is 1. The van der Waals surface area contributed by atoms with Gasteiger partial charge >= 0.3 is 6.18 Å². The molecule has 1 aromatic carbocycles. The van der Waals surface area contributed by atoms with Crippen LogP contribution in [0.1, 0.15) is 18.3 Å². The molecule has 40 heavy (non-hydrogen) atoms. The molecule has 214 valence electrons. The van der Waals surface area contributed by atoms with Crippen molar-refractivity contribution in [2.45, 2.75) is 26.1 Å². The maximum Gasteiger partial charge on any atom is 0.417 e. The topological polar surface area (TPSA) is 134 Å². The highest BCUT2D eigenvalue weighted by molar-refractivity contribution is 6.37. The fourth-order valence-electron chi connectivity index (χ4n) is 4.37. The molecule has 1 atom stereocenters. The zero-order valence-corrected chi connectivity index (χ0v) is 22.5. The van der Waals surface area contributed by atoms with Crippen molar-refractivity contribution >= 4 is 52.6 Å². The number of benzene rings is 1. The number of hydrogen-bond acceptors (Lipinski definition) is 7. The number of carboxylic acid groups (broad SMARTS) is 1. The first kappa shape index (κ1) is 30.6. The molecule has 0 saturated carbocycles. The van der Waals surface area contributed by atoms with Crippen molar-refractivity contribution in [2.75, 3.05) is 30.3 Å². The highest BCUT2D eigenvalue weighted by atomic mass is 35.5. The van der Waals surface area contributed by atoms with Crippen molar-refractivity contribution in [3.8, 4) is 11.1 Å². The molecule has 3 aromatic rings. The molecule has 3 heterocycles. The molecule has 4 rings (SSSR count). The largest absolute Gasteiger partial charge is 0.483 e. The monoisotopic (exact) mass is 604 g/mol. The van der Waals surface area contributed by atoms with E-state index in [1.54, 1.807) is 16.7 Å². The Morgan fingerprint density at radius 2 is 1.85 bits per heavy atom. The van der Waals surface area contributed by atoms with Crippen LogP contribution >= 0.6 is 23.2 Å². The van der Waals surface area contributed by atoms with Crippen LogP contribution in [0, 0.1) is 12.7 Å². The Morgan fingerprint density at radius 1 is 1.23 bits per heavy atom. The maximum absolute atomic E-state index is 15.0. The summed E-state index contributed by atoms with van der Waals surface area (Å²) in [6.45, 7) is 7.15. The second kappa shape index (κ2) is 11.7. The average molecular weight is 605 g/mol. The molecule has 1 aliphatic heterocycles. The number of aromatic nitrogens is 3. The van der Waals surface area contributed by atoms with Gasteiger partial charge in [-0.05, 0) is 32.1 Å². The van der Waals surface area contributed by atoms with Crippen LogP contribution in [0.25, 0.3) is 16.6 Å². The van der Waals surface area contributed by atoms with E-state index in [2.05, 4.69) is 16.7 Å². The summed E-state index contributed by atoms with van der Waals surface area (Å²) in [6.07, 6.45) is -3.92. The average Bonchev–Trinajstić information content (AvgIpc) is 2.88. The van der Waals surface area contributed by atoms with Gasteiger partial charge in [-0.15, -0.1) is 5.10 Å². The van der Waals surface area contributed by atoms with Crippen molar-refractivity contribution in [3.63, 3.8) is 0 Å². The summed E-state index contributed by atoms with van der Waals surface area (Å²) in [7, 11) is 0. The molecule has 0 bridgehead atoms. The van der Waals surface area contributed by atoms with Crippen LogP contribution in [0.2, 0.25) is 10.0 Å². The third kappa shape index (κ3) is 5.68. The minimum atomic E-state index is -5.10. The number of carbonyl (C=O) groups is 2. The Balaban J connectivity index is 0.00000141. The molecule has 0 spiro atoms. The Labute approximate surface area is 234 Å². The lowest BCUT2D eigenvalue weighted by Crippen LogP contribution is -2.54. The second-order valence-corrected chi connectivity index (χ2v) is 9.41. The number of anilines is 2. The number of rotatable bonds is 3. The Bertz CT molecular complexity index is 1540. The van der Waals surface area contributed by atoms with Crippen LogP contribution in [0.3, 0.4) is 0 Å². The quantitative estimate of drug-likeness (QED) is 0.150. The van der Waals surface area contributed by atoms with Gasteiger partial charge < -0.3 is 20.6 Å². The van der Waals surface area contributed by atoms with Crippen LogP contribution < -0.4 is 16.2 Å². The number of alkyl halides is 3. The highest BCUT2D eigenvalue weighted by Gasteiger charge is 2.39. The van der Waals surface area contributed by atoms with Crippen molar-refractivity contribution in [1.29, 1.82) is 0 Å². The van der Waals surface area contributed by atoms with Gasteiger partial charge in [0, 0.05) is 31.2 Å². The number of amides is 1. The Morgan fingerprint density at radius 3 is 2.40 bits per heavy atom. The number of carbonyl (C=O) groups excluding carboxylic acids is 1. The van der Waals surface area contributed by atoms with Crippen molar-refractivity contribution in [1.82, 2.24) is 19.5 Å². The number of fused-ring (bicyclic) bond motifs is 1. The number of piperazine rings is 1. The predicted octanol–water partition coefficient (Wildman–Crippen LogP) is 4.04. The molecule has 0 unspecified atom stereocenters. The van der Waals surface area contributed by atoms with E-state index < -0.39 is 45.0 Å².